The van der Waals surface area contributed by atoms with Crippen LogP contribution in [-0.4, -0.2) is 33.5 Å². The number of nitrogens with one attached hydrogen (secondary N) is 1. The van der Waals surface area contributed by atoms with Gasteiger partial charge in [0, 0.05) is 13.1 Å². The van der Waals surface area contributed by atoms with E-state index in [-0.39, 0.29) is 12.5 Å². The summed E-state index contributed by atoms with van der Waals surface area (Å²) in [5, 5.41) is 0.389. The van der Waals surface area contributed by atoms with Crippen molar-refractivity contribution in [1.82, 2.24) is 14.5 Å². The predicted octanol–water partition coefficient (Wildman–Crippen LogP) is 1.67. The number of carbonyl (C=O) groups excluding carboxylic acids is 1. The SMILES string of the molecule is CCOc1ccc2c(c1)CN(C(=O)Cn1c(=O)[nH]c3ccccc3c1=O)CC2. The third-order valence-electron chi connectivity index (χ3n) is 5.04. The van der Waals surface area contributed by atoms with Crippen molar-refractivity contribution in [2.45, 2.75) is 26.4 Å². The summed E-state index contributed by atoms with van der Waals surface area (Å²) in [7, 11) is 0. The van der Waals surface area contributed by atoms with Crippen molar-refractivity contribution in [3.8, 4) is 5.75 Å². The molecule has 1 aromatic heterocycles. The fourth-order valence-electron chi connectivity index (χ4n) is 3.58. The zero-order valence-electron chi connectivity index (χ0n) is 15.6. The topological polar surface area (TPSA) is 84.4 Å². The third kappa shape index (κ3) is 3.31. The minimum Gasteiger partial charge on any atom is -0.494 e. The summed E-state index contributed by atoms with van der Waals surface area (Å²) in [6.07, 6.45) is 0.733. The Kier molecular flexibility index (Phi) is 4.73. The van der Waals surface area contributed by atoms with E-state index in [0.717, 1.165) is 22.3 Å². The van der Waals surface area contributed by atoms with Crippen molar-refractivity contribution in [3.05, 3.63) is 74.4 Å². The molecule has 4 rings (SSSR count). The van der Waals surface area contributed by atoms with Crippen LogP contribution in [0.1, 0.15) is 18.1 Å². The van der Waals surface area contributed by atoms with Gasteiger partial charge in [0.05, 0.1) is 17.5 Å². The first-order valence-electron chi connectivity index (χ1n) is 9.31. The Hall–Kier alpha value is -3.35. The number of aromatic nitrogens is 2. The fourth-order valence-corrected chi connectivity index (χ4v) is 3.58. The molecule has 0 aliphatic carbocycles. The predicted molar refractivity (Wildman–Crippen MR) is 106 cm³/mol. The largest absolute Gasteiger partial charge is 0.494 e. The van der Waals surface area contributed by atoms with E-state index >= 15 is 0 Å². The molecule has 0 saturated carbocycles. The van der Waals surface area contributed by atoms with Crippen molar-refractivity contribution in [3.63, 3.8) is 0 Å². The second-order valence-electron chi connectivity index (χ2n) is 6.80. The zero-order chi connectivity index (χ0) is 19.7. The zero-order valence-corrected chi connectivity index (χ0v) is 15.6. The van der Waals surface area contributed by atoms with Crippen LogP contribution in [0, 0.1) is 0 Å². The number of hydrogen-bond acceptors (Lipinski definition) is 4. The first-order valence-corrected chi connectivity index (χ1v) is 9.31. The number of ether oxygens (including phenoxy) is 1. The van der Waals surface area contributed by atoms with Crippen LogP contribution in [0.15, 0.2) is 52.1 Å². The summed E-state index contributed by atoms with van der Waals surface area (Å²) < 4.78 is 6.51. The number of carbonyl (C=O) groups is 1. The van der Waals surface area contributed by atoms with E-state index in [4.69, 9.17) is 4.74 Å². The minimum atomic E-state index is -0.576. The average Bonchev–Trinajstić information content (AvgIpc) is 2.70. The highest BCUT2D eigenvalue weighted by Gasteiger charge is 2.22. The molecular formula is C21H21N3O4. The summed E-state index contributed by atoms with van der Waals surface area (Å²) >= 11 is 0. The van der Waals surface area contributed by atoms with Crippen LogP contribution < -0.4 is 16.0 Å². The van der Waals surface area contributed by atoms with Gasteiger partial charge in [-0.2, -0.15) is 0 Å². The molecule has 0 fully saturated rings. The van der Waals surface area contributed by atoms with Gasteiger partial charge >= 0.3 is 5.69 Å². The Morgan fingerprint density at radius 2 is 1.96 bits per heavy atom. The Labute approximate surface area is 161 Å². The Morgan fingerprint density at radius 1 is 1.14 bits per heavy atom. The molecule has 3 aromatic rings. The quantitative estimate of drug-likeness (QED) is 0.747. The molecule has 28 heavy (non-hydrogen) atoms. The molecule has 1 amide bonds. The molecule has 1 aliphatic rings. The van der Waals surface area contributed by atoms with Gasteiger partial charge in [0.25, 0.3) is 5.56 Å². The van der Waals surface area contributed by atoms with Gasteiger partial charge in [-0.15, -0.1) is 0 Å². The molecule has 0 atom stereocenters. The molecule has 7 heteroatoms. The van der Waals surface area contributed by atoms with E-state index in [1.54, 1.807) is 29.2 Å². The molecule has 0 saturated heterocycles. The molecule has 0 spiro atoms. The number of fused-ring (bicyclic) bond motifs is 2. The van der Waals surface area contributed by atoms with Gasteiger partial charge in [-0.25, -0.2) is 4.79 Å². The molecule has 0 bridgehead atoms. The van der Waals surface area contributed by atoms with E-state index in [1.807, 2.05) is 25.1 Å². The summed E-state index contributed by atoms with van der Waals surface area (Å²) in [6, 6.07) is 12.7. The molecule has 2 aromatic carbocycles. The lowest BCUT2D eigenvalue weighted by Crippen LogP contribution is -2.43. The Morgan fingerprint density at radius 3 is 2.79 bits per heavy atom. The highest BCUT2D eigenvalue weighted by atomic mass is 16.5. The number of benzene rings is 2. The molecule has 0 unspecified atom stereocenters. The van der Waals surface area contributed by atoms with Gasteiger partial charge in [-0.3, -0.25) is 14.2 Å². The maximum atomic E-state index is 12.8. The van der Waals surface area contributed by atoms with Gasteiger partial charge in [-0.1, -0.05) is 18.2 Å². The van der Waals surface area contributed by atoms with Crippen molar-refractivity contribution in [2.75, 3.05) is 13.2 Å². The average molecular weight is 379 g/mol. The summed E-state index contributed by atoms with van der Waals surface area (Å²) in [4.78, 5) is 42.1. The van der Waals surface area contributed by atoms with Gasteiger partial charge < -0.3 is 14.6 Å². The maximum Gasteiger partial charge on any atom is 0.329 e. The van der Waals surface area contributed by atoms with Gasteiger partial charge in [0.15, 0.2) is 0 Å². The smallest absolute Gasteiger partial charge is 0.329 e. The Bertz CT molecular complexity index is 1160. The summed E-state index contributed by atoms with van der Waals surface area (Å²) in [5.41, 5.74) is 1.66. The molecule has 7 nitrogen and oxygen atoms in total. The molecular weight excluding hydrogens is 358 g/mol. The molecule has 1 aliphatic heterocycles. The van der Waals surface area contributed by atoms with Crippen LogP contribution in [0.4, 0.5) is 0 Å². The summed E-state index contributed by atoms with van der Waals surface area (Å²) in [5.74, 6) is 0.521. The van der Waals surface area contributed by atoms with E-state index in [9.17, 15) is 14.4 Å². The van der Waals surface area contributed by atoms with E-state index in [2.05, 4.69) is 4.98 Å². The van der Waals surface area contributed by atoms with Gasteiger partial charge in [0.1, 0.15) is 12.3 Å². The minimum absolute atomic E-state index is 0.254. The first-order chi connectivity index (χ1) is 13.6. The molecule has 144 valence electrons. The van der Waals surface area contributed by atoms with Crippen LogP contribution in [0.3, 0.4) is 0 Å². The first kappa shape index (κ1) is 18.0. The van der Waals surface area contributed by atoms with E-state index in [0.29, 0.717) is 30.6 Å². The highest BCUT2D eigenvalue weighted by Crippen LogP contribution is 2.24. The van der Waals surface area contributed by atoms with E-state index in [1.165, 1.54) is 5.56 Å². The number of H-pyrrole nitrogens is 1. The second-order valence-corrected chi connectivity index (χ2v) is 6.80. The van der Waals surface area contributed by atoms with Crippen molar-refractivity contribution in [2.24, 2.45) is 0 Å². The van der Waals surface area contributed by atoms with Gasteiger partial charge in [-0.05, 0) is 48.7 Å². The number of para-hydroxylation sites is 1. The molecule has 1 N–H and O–H groups in total. The number of aromatic amines is 1. The number of nitrogens with zero attached hydrogens (tertiary/aromatic N) is 2. The van der Waals surface area contributed by atoms with Crippen LogP contribution in [-0.2, 0) is 24.3 Å². The van der Waals surface area contributed by atoms with Crippen LogP contribution in [0.5, 0.6) is 5.75 Å². The third-order valence-corrected chi connectivity index (χ3v) is 5.04. The maximum absolute atomic E-state index is 12.8. The van der Waals surface area contributed by atoms with Crippen LogP contribution >= 0.6 is 0 Å². The van der Waals surface area contributed by atoms with Crippen molar-refractivity contribution < 1.29 is 9.53 Å². The number of amides is 1. The normalized spacial score (nSPS) is 13.4. The van der Waals surface area contributed by atoms with E-state index < -0.39 is 11.2 Å². The van der Waals surface area contributed by atoms with Crippen LogP contribution in [0.2, 0.25) is 0 Å². The molecule has 2 heterocycles. The molecule has 0 radical (unpaired) electrons. The fraction of sp³-hybridized carbons (Fsp3) is 0.286. The second kappa shape index (κ2) is 7.34. The standard InChI is InChI=1S/C21H21N3O4/c1-2-28-16-8-7-14-9-10-23(12-15(14)11-16)19(25)13-24-20(26)17-5-3-4-6-18(17)22-21(24)27/h3-8,11H,2,9-10,12-13H2,1H3,(H,22,27). The number of hydrogen-bond donors (Lipinski definition) is 1. The lowest BCUT2D eigenvalue weighted by Gasteiger charge is -2.29. The van der Waals surface area contributed by atoms with Crippen LogP contribution in [0.25, 0.3) is 10.9 Å². The highest BCUT2D eigenvalue weighted by molar-refractivity contribution is 5.79. The lowest BCUT2D eigenvalue weighted by molar-refractivity contribution is -0.132. The van der Waals surface area contributed by atoms with Gasteiger partial charge in [0.2, 0.25) is 5.91 Å². The lowest BCUT2D eigenvalue weighted by atomic mass is 9.99. The van der Waals surface area contributed by atoms with Crippen molar-refractivity contribution in [1.29, 1.82) is 0 Å². The van der Waals surface area contributed by atoms with Crippen molar-refractivity contribution >= 4 is 16.8 Å². The monoisotopic (exact) mass is 379 g/mol. The Balaban J connectivity index is 1.58. The summed E-state index contributed by atoms with van der Waals surface area (Å²) in [6.45, 7) is 3.22. The number of rotatable bonds is 4.